The van der Waals surface area contributed by atoms with E-state index in [2.05, 4.69) is 5.32 Å². The van der Waals surface area contributed by atoms with Gasteiger partial charge < -0.3 is 14.6 Å². The third-order valence-corrected chi connectivity index (χ3v) is 4.63. The van der Waals surface area contributed by atoms with Gasteiger partial charge in [-0.25, -0.2) is 0 Å². The van der Waals surface area contributed by atoms with Crippen LogP contribution in [0.1, 0.15) is 24.3 Å². The smallest absolute Gasteiger partial charge is 0.416 e. The lowest BCUT2D eigenvalue weighted by Gasteiger charge is -2.36. The quantitative estimate of drug-likeness (QED) is 0.864. The third-order valence-electron chi connectivity index (χ3n) is 4.63. The molecule has 2 aromatic rings. The van der Waals surface area contributed by atoms with E-state index >= 15 is 0 Å². The fraction of sp³-hybridized carbons (Fsp3) is 0.421. The van der Waals surface area contributed by atoms with Gasteiger partial charge in [0.05, 0.1) is 24.4 Å². The van der Waals surface area contributed by atoms with Gasteiger partial charge in [-0.3, -0.25) is 9.69 Å². The molecule has 1 aromatic heterocycles. The number of halogens is 3. The summed E-state index contributed by atoms with van der Waals surface area (Å²) >= 11 is 0. The summed E-state index contributed by atoms with van der Waals surface area (Å²) in [6.45, 7) is 4.46. The van der Waals surface area contributed by atoms with Crippen LogP contribution in [-0.2, 0) is 11.0 Å². The number of benzene rings is 1. The zero-order valence-corrected chi connectivity index (χ0v) is 15.0. The van der Waals surface area contributed by atoms with Crippen molar-refractivity contribution in [2.24, 2.45) is 0 Å². The fourth-order valence-corrected chi connectivity index (χ4v) is 3.14. The molecule has 1 amide bonds. The van der Waals surface area contributed by atoms with Crippen molar-refractivity contribution in [2.75, 3.05) is 37.6 Å². The number of furan rings is 1. The number of hydrogen-bond donors (Lipinski definition) is 1. The monoisotopic (exact) mass is 381 g/mol. The molecule has 8 heteroatoms. The normalized spacial score (nSPS) is 17.0. The molecule has 0 aliphatic carbocycles. The van der Waals surface area contributed by atoms with Gasteiger partial charge in [-0.2, -0.15) is 13.2 Å². The van der Waals surface area contributed by atoms with Gasteiger partial charge in [0.25, 0.3) is 0 Å². The van der Waals surface area contributed by atoms with Gasteiger partial charge in [-0.15, -0.1) is 0 Å². The molecule has 0 radical (unpaired) electrons. The highest BCUT2D eigenvalue weighted by molar-refractivity contribution is 5.78. The molecule has 1 N–H and O–H groups in total. The second-order valence-electron chi connectivity index (χ2n) is 6.62. The molecule has 27 heavy (non-hydrogen) atoms. The molecule has 0 bridgehead atoms. The Balaban J connectivity index is 1.50. The molecule has 1 aliphatic heterocycles. The highest BCUT2D eigenvalue weighted by Crippen LogP contribution is 2.31. The Morgan fingerprint density at radius 2 is 1.93 bits per heavy atom. The number of alkyl halides is 3. The maximum absolute atomic E-state index is 12.9. The molecule has 2 heterocycles. The summed E-state index contributed by atoms with van der Waals surface area (Å²) < 4.78 is 43.9. The van der Waals surface area contributed by atoms with Crippen molar-refractivity contribution >= 4 is 11.6 Å². The van der Waals surface area contributed by atoms with Gasteiger partial charge in [0.1, 0.15) is 5.76 Å². The molecule has 0 spiro atoms. The SMILES string of the molecule is C[C@H](NC(=O)CN1CCN(c2cccc(C(F)(F)F)c2)CC1)c1ccco1. The van der Waals surface area contributed by atoms with E-state index in [4.69, 9.17) is 4.42 Å². The lowest BCUT2D eigenvalue weighted by Crippen LogP contribution is -2.49. The number of nitrogens with one attached hydrogen (secondary N) is 1. The van der Waals surface area contributed by atoms with Crippen LogP contribution in [0.5, 0.6) is 0 Å². The third kappa shape index (κ3) is 5.03. The molecule has 0 saturated carbocycles. The van der Waals surface area contributed by atoms with Crippen LogP contribution in [0.3, 0.4) is 0 Å². The average molecular weight is 381 g/mol. The minimum Gasteiger partial charge on any atom is -0.467 e. The summed E-state index contributed by atoms with van der Waals surface area (Å²) in [5.41, 5.74) is -0.0888. The van der Waals surface area contributed by atoms with Crippen LogP contribution in [0.2, 0.25) is 0 Å². The summed E-state index contributed by atoms with van der Waals surface area (Å²) in [7, 11) is 0. The average Bonchev–Trinajstić information content (AvgIpc) is 3.16. The van der Waals surface area contributed by atoms with E-state index in [1.807, 2.05) is 16.7 Å². The molecule has 0 unspecified atom stereocenters. The van der Waals surface area contributed by atoms with Crippen molar-refractivity contribution < 1.29 is 22.4 Å². The number of anilines is 1. The van der Waals surface area contributed by atoms with Crippen molar-refractivity contribution in [1.82, 2.24) is 10.2 Å². The zero-order chi connectivity index (χ0) is 19.4. The Bertz CT molecular complexity index is 754. The predicted molar refractivity (Wildman–Crippen MR) is 95.4 cm³/mol. The molecule has 1 atom stereocenters. The Hall–Kier alpha value is -2.48. The lowest BCUT2D eigenvalue weighted by atomic mass is 10.1. The van der Waals surface area contributed by atoms with Crippen LogP contribution in [0.25, 0.3) is 0 Å². The van der Waals surface area contributed by atoms with E-state index in [0.717, 1.165) is 6.07 Å². The fourth-order valence-electron chi connectivity index (χ4n) is 3.14. The maximum atomic E-state index is 12.9. The van der Waals surface area contributed by atoms with Crippen molar-refractivity contribution in [3.8, 4) is 0 Å². The second-order valence-corrected chi connectivity index (χ2v) is 6.62. The Kier molecular flexibility index (Phi) is 5.74. The number of rotatable bonds is 5. The van der Waals surface area contributed by atoms with Crippen molar-refractivity contribution in [2.45, 2.75) is 19.1 Å². The number of amides is 1. The minimum atomic E-state index is -4.35. The van der Waals surface area contributed by atoms with Crippen LogP contribution in [-0.4, -0.2) is 43.5 Å². The molecule has 146 valence electrons. The molecule has 1 aromatic carbocycles. The van der Waals surface area contributed by atoms with Crippen LogP contribution in [0, 0.1) is 0 Å². The first-order valence-corrected chi connectivity index (χ1v) is 8.80. The van der Waals surface area contributed by atoms with Gasteiger partial charge in [0, 0.05) is 31.9 Å². The predicted octanol–water partition coefficient (Wildman–Crippen LogP) is 3.30. The van der Waals surface area contributed by atoms with Crippen LogP contribution in [0.15, 0.2) is 47.1 Å². The highest BCUT2D eigenvalue weighted by atomic mass is 19.4. The number of hydrogen-bond acceptors (Lipinski definition) is 4. The second kappa shape index (κ2) is 8.04. The molecular weight excluding hydrogens is 359 g/mol. The maximum Gasteiger partial charge on any atom is 0.416 e. The van der Waals surface area contributed by atoms with E-state index in [1.54, 1.807) is 24.5 Å². The van der Waals surface area contributed by atoms with E-state index in [-0.39, 0.29) is 18.5 Å². The van der Waals surface area contributed by atoms with E-state index < -0.39 is 11.7 Å². The standard InChI is InChI=1S/C19H22F3N3O2/c1-14(17-6-3-11-27-17)23-18(26)13-24-7-9-25(10-8-24)16-5-2-4-15(12-16)19(20,21)22/h2-6,11-12,14H,7-10,13H2,1H3,(H,23,26)/t14-/m0/s1. The van der Waals surface area contributed by atoms with Gasteiger partial charge in [0.2, 0.25) is 5.91 Å². The topological polar surface area (TPSA) is 48.7 Å². The summed E-state index contributed by atoms with van der Waals surface area (Å²) in [6, 6.07) is 8.72. The van der Waals surface area contributed by atoms with Gasteiger partial charge in [-0.05, 0) is 37.3 Å². The Morgan fingerprint density at radius 3 is 2.56 bits per heavy atom. The Morgan fingerprint density at radius 1 is 1.19 bits per heavy atom. The number of nitrogens with zero attached hydrogens (tertiary/aromatic N) is 2. The van der Waals surface area contributed by atoms with Crippen molar-refractivity contribution in [1.29, 1.82) is 0 Å². The van der Waals surface area contributed by atoms with Crippen molar-refractivity contribution in [3.63, 3.8) is 0 Å². The summed E-state index contributed by atoms with van der Waals surface area (Å²) in [5, 5.41) is 2.88. The molecule has 3 rings (SSSR count). The first kappa shape index (κ1) is 19.3. The number of carbonyl (C=O) groups is 1. The van der Waals surface area contributed by atoms with Gasteiger partial charge in [0.15, 0.2) is 0 Å². The van der Waals surface area contributed by atoms with Crippen LogP contribution in [0.4, 0.5) is 18.9 Å². The lowest BCUT2D eigenvalue weighted by molar-refractivity contribution is -0.137. The largest absolute Gasteiger partial charge is 0.467 e. The molecular formula is C19H22F3N3O2. The van der Waals surface area contributed by atoms with E-state index in [9.17, 15) is 18.0 Å². The summed E-state index contributed by atoms with van der Waals surface area (Å²) in [5.74, 6) is 0.587. The summed E-state index contributed by atoms with van der Waals surface area (Å²) in [6.07, 6.45) is -2.79. The highest BCUT2D eigenvalue weighted by Gasteiger charge is 2.31. The van der Waals surface area contributed by atoms with E-state index in [1.165, 1.54) is 12.1 Å². The first-order valence-electron chi connectivity index (χ1n) is 8.80. The van der Waals surface area contributed by atoms with Gasteiger partial charge >= 0.3 is 6.18 Å². The molecule has 1 fully saturated rings. The molecule has 1 saturated heterocycles. The van der Waals surface area contributed by atoms with Gasteiger partial charge in [-0.1, -0.05) is 6.07 Å². The molecule has 5 nitrogen and oxygen atoms in total. The number of carbonyl (C=O) groups excluding carboxylic acids is 1. The minimum absolute atomic E-state index is 0.105. The number of piperazine rings is 1. The van der Waals surface area contributed by atoms with Crippen molar-refractivity contribution in [3.05, 3.63) is 54.0 Å². The van der Waals surface area contributed by atoms with Crippen LogP contribution < -0.4 is 10.2 Å². The molecule has 1 aliphatic rings. The van der Waals surface area contributed by atoms with E-state index in [0.29, 0.717) is 37.6 Å². The zero-order valence-electron chi connectivity index (χ0n) is 15.0. The Labute approximate surface area is 155 Å². The summed E-state index contributed by atoms with van der Waals surface area (Å²) in [4.78, 5) is 16.1. The first-order chi connectivity index (χ1) is 12.8. The van der Waals surface area contributed by atoms with Crippen LogP contribution >= 0.6 is 0 Å².